The number of nitrogens with zero attached hydrogens (tertiary/aromatic N) is 2. The van der Waals surface area contributed by atoms with E-state index in [2.05, 4.69) is 15.6 Å². The zero-order valence-corrected chi connectivity index (χ0v) is 13.5. The molecule has 0 saturated carbocycles. The molecule has 6 heteroatoms. The van der Waals surface area contributed by atoms with E-state index in [-0.39, 0.29) is 6.03 Å². The highest BCUT2D eigenvalue weighted by atomic mass is 35.5. The van der Waals surface area contributed by atoms with E-state index in [4.69, 9.17) is 11.6 Å². The maximum absolute atomic E-state index is 12.3. The van der Waals surface area contributed by atoms with Crippen LogP contribution >= 0.6 is 11.6 Å². The SMILES string of the molecule is O=C(Nc1cccc(Cl)c1)N1CCC(Nc2cccnc2)CC1. The summed E-state index contributed by atoms with van der Waals surface area (Å²) in [4.78, 5) is 18.2. The topological polar surface area (TPSA) is 57.3 Å². The molecule has 1 aliphatic heterocycles. The molecular weight excluding hydrogens is 312 g/mol. The number of amides is 2. The fourth-order valence-corrected chi connectivity index (χ4v) is 2.87. The summed E-state index contributed by atoms with van der Waals surface area (Å²) in [5.41, 5.74) is 1.74. The number of aromatic nitrogens is 1. The molecule has 3 rings (SSSR count). The minimum atomic E-state index is -0.0768. The molecule has 0 unspecified atom stereocenters. The van der Waals surface area contributed by atoms with Crippen molar-refractivity contribution in [2.45, 2.75) is 18.9 Å². The van der Waals surface area contributed by atoms with Crippen molar-refractivity contribution in [3.63, 3.8) is 0 Å². The normalized spacial score (nSPS) is 15.3. The van der Waals surface area contributed by atoms with Crippen molar-refractivity contribution in [2.75, 3.05) is 23.7 Å². The van der Waals surface area contributed by atoms with Gasteiger partial charge in [0.1, 0.15) is 0 Å². The lowest BCUT2D eigenvalue weighted by atomic mass is 10.1. The van der Waals surface area contributed by atoms with Crippen LogP contribution in [0.25, 0.3) is 0 Å². The van der Waals surface area contributed by atoms with Gasteiger partial charge in [0, 0.05) is 42.2 Å². The molecule has 2 heterocycles. The molecule has 1 aliphatic rings. The molecular formula is C17H19ClN4O. The number of hydrogen-bond donors (Lipinski definition) is 2. The zero-order valence-electron chi connectivity index (χ0n) is 12.7. The van der Waals surface area contributed by atoms with E-state index < -0.39 is 0 Å². The van der Waals surface area contributed by atoms with Gasteiger partial charge in [-0.15, -0.1) is 0 Å². The van der Waals surface area contributed by atoms with E-state index in [1.54, 1.807) is 18.3 Å². The van der Waals surface area contributed by atoms with E-state index in [9.17, 15) is 4.79 Å². The van der Waals surface area contributed by atoms with Crippen LogP contribution in [0.1, 0.15) is 12.8 Å². The molecule has 1 aromatic heterocycles. The number of piperidine rings is 1. The van der Waals surface area contributed by atoms with Crippen LogP contribution in [0, 0.1) is 0 Å². The van der Waals surface area contributed by atoms with Gasteiger partial charge >= 0.3 is 6.03 Å². The molecule has 0 bridgehead atoms. The van der Waals surface area contributed by atoms with Crippen molar-refractivity contribution in [2.24, 2.45) is 0 Å². The minimum Gasteiger partial charge on any atom is -0.381 e. The van der Waals surface area contributed by atoms with Gasteiger partial charge in [-0.2, -0.15) is 0 Å². The highest BCUT2D eigenvalue weighted by molar-refractivity contribution is 6.30. The first-order valence-electron chi connectivity index (χ1n) is 7.69. The van der Waals surface area contributed by atoms with Crippen LogP contribution in [0.15, 0.2) is 48.8 Å². The second kappa shape index (κ2) is 7.33. The van der Waals surface area contributed by atoms with Crippen molar-refractivity contribution in [1.29, 1.82) is 0 Å². The van der Waals surface area contributed by atoms with Gasteiger partial charge < -0.3 is 15.5 Å². The number of carbonyl (C=O) groups excluding carboxylic acids is 1. The Labute approximate surface area is 140 Å². The maximum Gasteiger partial charge on any atom is 0.321 e. The Hall–Kier alpha value is -2.27. The lowest BCUT2D eigenvalue weighted by molar-refractivity contribution is 0.197. The summed E-state index contributed by atoms with van der Waals surface area (Å²) in [5, 5.41) is 6.96. The van der Waals surface area contributed by atoms with Crippen molar-refractivity contribution < 1.29 is 4.79 Å². The van der Waals surface area contributed by atoms with E-state index in [1.165, 1.54) is 0 Å². The molecule has 0 aliphatic carbocycles. The van der Waals surface area contributed by atoms with Crippen LogP contribution < -0.4 is 10.6 Å². The monoisotopic (exact) mass is 330 g/mol. The number of urea groups is 1. The van der Waals surface area contributed by atoms with Gasteiger partial charge in [0.05, 0.1) is 5.69 Å². The van der Waals surface area contributed by atoms with Gasteiger partial charge in [0.15, 0.2) is 0 Å². The molecule has 1 aromatic carbocycles. The summed E-state index contributed by atoms with van der Waals surface area (Å²) in [6.45, 7) is 1.45. The Balaban J connectivity index is 1.49. The lowest BCUT2D eigenvalue weighted by Crippen LogP contribution is -2.44. The third-order valence-corrected chi connectivity index (χ3v) is 4.13. The summed E-state index contributed by atoms with van der Waals surface area (Å²) in [6.07, 6.45) is 5.40. The lowest BCUT2D eigenvalue weighted by Gasteiger charge is -2.32. The average molecular weight is 331 g/mol. The van der Waals surface area contributed by atoms with Gasteiger partial charge in [-0.05, 0) is 43.2 Å². The second-order valence-electron chi connectivity index (χ2n) is 5.59. The molecule has 120 valence electrons. The number of carbonyl (C=O) groups is 1. The van der Waals surface area contributed by atoms with Crippen LogP contribution in [-0.2, 0) is 0 Å². The van der Waals surface area contributed by atoms with Crippen molar-refractivity contribution >= 4 is 29.0 Å². The third kappa shape index (κ3) is 4.36. The van der Waals surface area contributed by atoms with E-state index >= 15 is 0 Å². The molecule has 2 N–H and O–H groups in total. The van der Waals surface area contributed by atoms with Gasteiger partial charge in [-0.25, -0.2) is 4.79 Å². The number of likely N-dealkylation sites (tertiary alicyclic amines) is 1. The van der Waals surface area contributed by atoms with Crippen LogP contribution in [0.3, 0.4) is 0 Å². The standard InChI is InChI=1S/C17H19ClN4O/c18-13-3-1-4-15(11-13)21-17(23)22-9-6-14(7-10-22)20-16-5-2-8-19-12-16/h1-5,8,11-12,14,20H,6-7,9-10H2,(H,21,23). The van der Waals surface area contributed by atoms with Crippen LogP contribution in [0.2, 0.25) is 5.02 Å². The fourth-order valence-electron chi connectivity index (χ4n) is 2.68. The second-order valence-corrected chi connectivity index (χ2v) is 6.02. The van der Waals surface area contributed by atoms with Crippen molar-refractivity contribution in [1.82, 2.24) is 9.88 Å². The maximum atomic E-state index is 12.3. The molecule has 23 heavy (non-hydrogen) atoms. The Morgan fingerprint density at radius 3 is 2.65 bits per heavy atom. The van der Waals surface area contributed by atoms with Gasteiger partial charge in [0.2, 0.25) is 0 Å². The highest BCUT2D eigenvalue weighted by Crippen LogP contribution is 2.18. The van der Waals surface area contributed by atoms with Gasteiger partial charge in [-0.3, -0.25) is 4.98 Å². The molecule has 0 atom stereocenters. The summed E-state index contributed by atoms with van der Waals surface area (Å²) in [6, 6.07) is 11.4. The zero-order chi connectivity index (χ0) is 16.1. The van der Waals surface area contributed by atoms with Crippen molar-refractivity contribution in [3.8, 4) is 0 Å². The first-order valence-corrected chi connectivity index (χ1v) is 8.06. The Bertz CT molecular complexity index is 657. The number of anilines is 2. The van der Waals surface area contributed by atoms with Crippen LogP contribution in [0.5, 0.6) is 0 Å². The van der Waals surface area contributed by atoms with E-state index in [0.717, 1.165) is 37.3 Å². The molecule has 0 radical (unpaired) electrons. The molecule has 2 amide bonds. The van der Waals surface area contributed by atoms with Crippen LogP contribution in [-0.4, -0.2) is 35.0 Å². The summed E-state index contributed by atoms with van der Waals surface area (Å²) < 4.78 is 0. The highest BCUT2D eigenvalue weighted by Gasteiger charge is 2.22. The number of benzene rings is 1. The van der Waals surface area contributed by atoms with Crippen LogP contribution in [0.4, 0.5) is 16.2 Å². The molecule has 1 saturated heterocycles. The quantitative estimate of drug-likeness (QED) is 0.899. The number of halogens is 1. The minimum absolute atomic E-state index is 0.0768. The number of hydrogen-bond acceptors (Lipinski definition) is 3. The largest absolute Gasteiger partial charge is 0.381 e. The molecule has 1 fully saturated rings. The third-order valence-electron chi connectivity index (χ3n) is 3.89. The Morgan fingerprint density at radius 1 is 1.17 bits per heavy atom. The molecule has 0 spiro atoms. The average Bonchev–Trinajstić information content (AvgIpc) is 2.56. The number of rotatable bonds is 3. The summed E-state index contributed by atoms with van der Waals surface area (Å²) in [5.74, 6) is 0. The van der Waals surface area contributed by atoms with E-state index in [0.29, 0.717) is 11.1 Å². The van der Waals surface area contributed by atoms with Gasteiger partial charge in [0.25, 0.3) is 0 Å². The predicted molar refractivity (Wildman–Crippen MR) is 92.9 cm³/mol. The van der Waals surface area contributed by atoms with Gasteiger partial charge in [-0.1, -0.05) is 17.7 Å². The first kappa shape index (κ1) is 15.6. The predicted octanol–water partition coefficient (Wildman–Crippen LogP) is 3.84. The summed E-state index contributed by atoms with van der Waals surface area (Å²) >= 11 is 5.93. The molecule has 5 nitrogen and oxygen atoms in total. The van der Waals surface area contributed by atoms with Crippen molar-refractivity contribution in [3.05, 3.63) is 53.8 Å². The number of nitrogens with one attached hydrogen (secondary N) is 2. The summed E-state index contributed by atoms with van der Waals surface area (Å²) in [7, 11) is 0. The fraction of sp³-hybridized carbons (Fsp3) is 0.294. The Kier molecular flexibility index (Phi) is 4.98. The molecule has 2 aromatic rings. The number of pyridine rings is 1. The smallest absolute Gasteiger partial charge is 0.321 e. The van der Waals surface area contributed by atoms with E-state index in [1.807, 2.05) is 35.4 Å². The Morgan fingerprint density at radius 2 is 1.96 bits per heavy atom. The first-order chi connectivity index (χ1) is 11.2.